The monoisotopic (exact) mass is 403 g/mol. The molecule has 6 heteroatoms. The van der Waals surface area contributed by atoms with Crippen molar-refractivity contribution >= 4 is 33.3 Å². The van der Waals surface area contributed by atoms with Gasteiger partial charge in [0, 0.05) is 23.2 Å². The first-order valence-electron chi connectivity index (χ1n) is 8.90. The highest BCUT2D eigenvalue weighted by Gasteiger charge is 2.16. The summed E-state index contributed by atoms with van der Waals surface area (Å²) in [6.45, 7) is 2.52. The molecule has 28 heavy (non-hydrogen) atoms. The molecule has 2 heterocycles. The third kappa shape index (κ3) is 3.47. The number of nitrogens with zero attached hydrogens (tertiary/aromatic N) is 3. The molecule has 0 N–H and O–H groups in total. The van der Waals surface area contributed by atoms with Gasteiger partial charge in [-0.2, -0.15) is 5.26 Å². The van der Waals surface area contributed by atoms with E-state index in [0.29, 0.717) is 28.4 Å². The van der Waals surface area contributed by atoms with Crippen LogP contribution in [-0.2, 0) is 12.3 Å². The Morgan fingerprint density at radius 2 is 2.00 bits per heavy atom. The van der Waals surface area contributed by atoms with E-state index in [1.165, 1.54) is 23.1 Å². The van der Waals surface area contributed by atoms with Crippen LogP contribution < -0.4 is 5.56 Å². The Labute approximate surface area is 171 Å². The fraction of sp³-hybridized carbons (Fsp3) is 0.136. The number of hydrogen-bond acceptors (Lipinski definition) is 5. The van der Waals surface area contributed by atoms with Crippen LogP contribution in [0.15, 0.2) is 69.9 Å². The smallest absolute Gasteiger partial charge is 0.263 e. The van der Waals surface area contributed by atoms with Gasteiger partial charge in [-0.05, 0) is 30.2 Å². The number of benzene rings is 2. The number of thioether (sulfide) groups is 1. The van der Waals surface area contributed by atoms with Gasteiger partial charge in [0.1, 0.15) is 4.83 Å². The molecule has 0 radical (unpaired) electrons. The van der Waals surface area contributed by atoms with Crippen LogP contribution in [0.25, 0.3) is 21.3 Å². The molecule has 0 fully saturated rings. The minimum atomic E-state index is 0.000814. The molecule has 4 aromatic rings. The van der Waals surface area contributed by atoms with E-state index in [0.717, 1.165) is 21.5 Å². The van der Waals surface area contributed by atoms with E-state index in [4.69, 9.17) is 10.2 Å². The Hall–Kier alpha value is -2.88. The summed E-state index contributed by atoms with van der Waals surface area (Å²) in [4.78, 5) is 18.8. The molecule has 0 spiro atoms. The molecule has 4 rings (SSSR count). The summed E-state index contributed by atoms with van der Waals surface area (Å²) >= 11 is 3.03. The summed E-state index contributed by atoms with van der Waals surface area (Å²) in [5, 5.41) is 12.5. The lowest BCUT2D eigenvalue weighted by Gasteiger charge is -2.10. The molecular weight excluding hydrogens is 386 g/mol. The van der Waals surface area contributed by atoms with Gasteiger partial charge >= 0.3 is 0 Å². The second kappa shape index (κ2) is 8.01. The van der Waals surface area contributed by atoms with E-state index in [1.807, 2.05) is 60.8 Å². The highest BCUT2D eigenvalue weighted by Crippen LogP contribution is 2.32. The van der Waals surface area contributed by atoms with Gasteiger partial charge < -0.3 is 0 Å². The lowest BCUT2D eigenvalue weighted by atomic mass is 10.1. The molecule has 2 aromatic heterocycles. The molecule has 0 bridgehead atoms. The molecule has 0 amide bonds. The van der Waals surface area contributed by atoms with Crippen molar-refractivity contribution in [3.63, 3.8) is 0 Å². The predicted octanol–water partition coefficient (Wildman–Crippen LogP) is 5.31. The van der Waals surface area contributed by atoms with Gasteiger partial charge in [0.25, 0.3) is 5.56 Å². The molecule has 0 aliphatic heterocycles. The number of fused-ring (bicyclic) bond motifs is 1. The van der Waals surface area contributed by atoms with E-state index >= 15 is 0 Å². The van der Waals surface area contributed by atoms with Gasteiger partial charge in [-0.25, -0.2) is 4.98 Å². The predicted molar refractivity (Wildman–Crippen MR) is 116 cm³/mol. The Balaban J connectivity index is 1.74. The average Bonchev–Trinajstić information content (AvgIpc) is 3.17. The third-order valence-electron chi connectivity index (χ3n) is 4.48. The summed E-state index contributed by atoms with van der Waals surface area (Å²) in [7, 11) is 0. The highest BCUT2D eigenvalue weighted by atomic mass is 32.2. The van der Waals surface area contributed by atoms with Gasteiger partial charge in [0.2, 0.25) is 0 Å². The second-order valence-electron chi connectivity index (χ2n) is 6.24. The van der Waals surface area contributed by atoms with Gasteiger partial charge in [-0.15, -0.1) is 11.3 Å². The number of hydrogen-bond donors (Lipinski definition) is 0. The van der Waals surface area contributed by atoms with Crippen molar-refractivity contribution in [3.05, 3.63) is 81.5 Å². The summed E-state index contributed by atoms with van der Waals surface area (Å²) in [6, 6.07) is 19.6. The van der Waals surface area contributed by atoms with Crippen LogP contribution in [0.3, 0.4) is 0 Å². The van der Waals surface area contributed by atoms with Crippen molar-refractivity contribution in [2.24, 2.45) is 0 Å². The minimum absolute atomic E-state index is 0.000814. The number of aromatic nitrogens is 2. The SMILES string of the molecule is CCn1c(SCc2cccc(C#N)c2)nc2scc(-c3ccccc3)c2c1=O. The second-order valence-corrected chi connectivity index (χ2v) is 8.04. The van der Waals surface area contributed by atoms with Crippen LogP contribution in [0.5, 0.6) is 0 Å². The molecule has 138 valence electrons. The normalized spacial score (nSPS) is 10.9. The quantitative estimate of drug-likeness (QED) is 0.335. The third-order valence-corrected chi connectivity index (χ3v) is 6.40. The first kappa shape index (κ1) is 18.5. The zero-order valence-electron chi connectivity index (χ0n) is 15.3. The molecule has 0 unspecified atom stereocenters. The van der Waals surface area contributed by atoms with E-state index in [1.54, 1.807) is 10.6 Å². The van der Waals surface area contributed by atoms with Crippen molar-refractivity contribution in [2.45, 2.75) is 24.4 Å². The van der Waals surface area contributed by atoms with Crippen LogP contribution in [0.1, 0.15) is 18.1 Å². The molecule has 2 aromatic carbocycles. The van der Waals surface area contributed by atoms with Gasteiger partial charge in [-0.1, -0.05) is 54.2 Å². The van der Waals surface area contributed by atoms with Crippen molar-refractivity contribution in [3.8, 4) is 17.2 Å². The first-order chi connectivity index (χ1) is 13.7. The van der Waals surface area contributed by atoms with Crippen molar-refractivity contribution in [1.29, 1.82) is 5.26 Å². The zero-order chi connectivity index (χ0) is 19.5. The number of rotatable bonds is 5. The molecule has 0 aliphatic rings. The minimum Gasteiger partial charge on any atom is -0.287 e. The lowest BCUT2D eigenvalue weighted by Crippen LogP contribution is -2.22. The van der Waals surface area contributed by atoms with Crippen LogP contribution in [0.2, 0.25) is 0 Å². The molecule has 0 saturated heterocycles. The maximum atomic E-state index is 13.2. The Bertz CT molecular complexity index is 1240. The standard InChI is InChI=1S/C22H17N3OS2/c1-2-25-21(26)19-18(17-9-4-3-5-10-17)14-27-20(19)24-22(25)28-13-16-8-6-7-15(11-16)12-23/h3-11,14H,2,13H2,1H3. The maximum absolute atomic E-state index is 13.2. The maximum Gasteiger partial charge on any atom is 0.263 e. The lowest BCUT2D eigenvalue weighted by molar-refractivity contribution is 0.635. The van der Waals surface area contributed by atoms with E-state index in [2.05, 4.69) is 6.07 Å². The average molecular weight is 404 g/mol. The van der Waals surface area contributed by atoms with Crippen LogP contribution in [0.4, 0.5) is 0 Å². The van der Waals surface area contributed by atoms with Gasteiger partial charge in [0.15, 0.2) is 5.16 Å². The Kier molecular flexibility index (Phi) is 5.29. The van der Waals surface area contributed by atoms with Gasteiger partial charge in [-0.3, -0.25) is 9.36 Å². The van der Waals surface area contributed by atoms with Crippen molar-refractivity contribution in [2.75, 3.05) is 0 Å². The zero-order valence-corrected chi connectivity index (χ0v) is 16.9. The van der Waals surface area contributed by atoms with Crippen molar-refractivity contribution in [1.82, 2.24) is 9.55 Å². The van der Waals surface area contributed by atoms with Gasteiger partial charge in [0.05, 0.1) is 17.0 Å². The fourth-order valence-electron chi connectivity index (χ4n) is 3.10. The van der Waals surface area contributed by atoms with E-state index < -0.39 is 0 Å². The topological polar surface area (TPSA) is 58.7 Å². The Morgan fingerprint density at radius 3 is 2.75 bits per heavy atom. The number of nitriles is 1. The molecule has 0 aliphatic carbocycles. The van der Waals surface area contributed by atoms with Crippen LogP contribution in [0, 0.1) is 11.3 Å². The summed E-state index contributed by atoms with van der Waals surface area (Å²) in [5.74, 6) is 0.657. The molecule has 4 nitrogen and oxygen atoms in total. The summed E-state index contributed by atoms with van der Waals surface area (Å²) in [5.41, 5.74) is 3.65. The fourth-order valence-corrected chi connectivity index (χ4v) is 5.10. The Morgan fingerprint density at radius 1 is 1.18 bits per heavy atom. The summed E-state index contributed by atoms with van der Waals surface area (Å²) < 4.78 is 1.74. The molecular formula is C22H17N3OS2. The largest absolute Gasteiger partial charge is 0.287 e. The summed E-state index contributed by atoms with van der Waals surface area (Å²) in [6.07, 6.45) is 0. The van der Waals surface area contributed by atoms with Crippen molar-refractivity contribution < 1.29 is 0 Å². The van der Waals surface area contributed by atoms with Crippen LogP contribution >= 0.6 is 23.1 Å². The first-order valence-corrected chi connectivity index (χ1v) is 10.8. The van der Waals surface area contributed by atoms with E-state index in [9.17, 15) is 4.79 Å². The van der Waals surface area contributed by atoms with E-state index in [-0.39, 0.29) is 5.56 Å². The highest BCUT2D eigenvalue weighted by molar-refractivity contribution is 7.98. The molecule has 0 atom stereocenters. The van der Waals surface area contributed by atoms with Crippen LogP contribution in [-0.4, -0.2) is 9.55 Å². The number of thiophene rings is 1. The molecule has 0 saturated carbocycles.